The van der Waals surface area contributed by atoms with Crippen molar-refractivity contribution in [3.63, 3.8) is 0 Å². The number of carbonyl (C=O) groups is 1. The minimum absolute atomic E-state index is 0.187. The molecule has 108 valence electrons. The molecule has 0 saturated heterocycles. The Bertz CT molecular complexity index is 580. The first-order valence-corrected chi connectivity index (χ1v) is 7.15. The first-order valence-electron chi connectivity index (χ1n) is 6.27. The van der Waals surface area contributed by atoms with Crippen molar-refractivity contribution >= 4 is 17.4 Å². The molecule has 2 aromatic heterocycles. The number of rotatable bonds is 5. The van der Waals surface area contributed by atoms with Gasteiger partial charge in [0.25, 0.3) is 0 Å². The highest BCUT2D eigenvalue weighted by atomic mass is 32.1. The summed E-state index contributed by atoms with van der Waals surface area (Å²) >= 11 is 1.61. The molecule has 0 saturated carbocycles. The van der Waals surface area contributed by atoms with E-state index >= 15 is 0 Å². The Kier molecular flexibility index (Phi) is 4.67. The largest absolute Gasteiger partial charge is 0.340 e. The van der Waals surface area contributed by atoms with Crippen LogP contribution in [0.5, 0.6) is 0 Å². The summed E-state index contributed by atoms with van der Waals surface area (Å²) in [4.78, 5) is 20.0. The van der Waals surface area contributed by atoms with E-state index in [1.165, 1.54) is 0 Å². The molecule has 2 heterocycles. The fourth-order valence-corrected chi connectivity index (χ4v) is 2.42. The van der Waals surface area contributed by atoms with E-state index in [-0.39, 0.29) is 18.5 Å². The van der Waals surface area contributed by atoms with E-state index in [1.54, 1.807) is 18.3 Å². The number of carbonyl (C=O) groups excluding carboxylic acids is 1. The molecule has 1 atom stereocenters. The zero-order valence-corrected chi connectivity index (χ0v) is 12.5. The first-order chi connectivity index (χ1) is 9.54. The molecule has 8 heteroatoms. The van der Waals surface area contributed by atoms with E-state index in [0.29, 0.717) is 18.3 Å². The SMILES string of the molecule is Cc1csc(C(C)CNC(=O)NCc2noc(C)n2)n1. The zero-order valence-electron chi connectivity index (χ0n) is 11.6. The third kappa shape index (κ3) is 4.02. The highest BCUT2D eigenvalue weighted by Gasteiger charge is 2.11. The number of aryl methyl sites for hydroxylation is 2. The molecule has 0 spiro atoms. The van der Waals surface area contributed by atoms with Crippen LogP contribution in [0.2, 0.25) is 0 Å². The van der Waals surface area contributed by atoms with E-state index < -0.39 is 0 Å². The summed E-state index contributed by atoms with van der Waals surface area (Å²) in [5.41, 5.74) is 1.01. The van der Waals surface area contributed by atoms with Crippen molar-refractivity contribution in [1.82, 2.24) is 25.8 Å². The van der Waals surface area contributed by atoms with Crippen LogP contribution in [0.25, 0.3) is 0 Å². The van der Waals surface area contributed by atoms with Crippen molar-refractivity contribution in [3.8, 4) is 0 Å². The van der Waals surface area contributed by atoms with Crippen molar-refractivity contribution in [2.75, 3.05) is 6.54 Å². The van der Waals surface area contributed by atoms with Crippen LogP contribution < -0.4 is 10.6 Å². The van der Waals surface area contributed by atoms with Gasteiger partial charge in [-0.15, -0.1) is 11.3 Å². The molecule has 0 aromatic carbocycles. The Morgan fingerprint density at radius 1 is 1.40 bits per heavy atom. The van der Waals surface area contributed by atoms with Crippen LogP contribution in [-0.2, 0) is 6.54 Å². The molecule has 2 rings (SSSR count). The number of aromatic nitrogens is 3. The van der Waals surface area contributed by atoms with Gasteiger partial charge in [0.2, 0.25) is 5.89 Å². The molecule has 0 radical (unpaired) electrons. The Labute approximate surface area is 120 Å². The van der Waals surface area contributed by atoms with Gasteiger partial charge in [0.15, 0.2) is 5.82 Å². The number of thiazole rings is 1. The summed E-state index contributed by atoms with van der Waals surface area (Å²) in [6, 6.07) is -0.257. The van der Waals surface area contributed by atoms with E-state index in [0.717, 1.165) is 10.7 Å². The summed E-state index contributed by atoms with van der Waals surface area (Å²) < 4.78 is 4.82. The maximum atomic E-state index is 11.6. The van der Waals surface area contributed by atoms with Crippen LogP contribution in [0.15, 0.2) is 9.90 Å². The molecule has 7 nitrogen and oxygen atoms in total. The van der Waals surface area contributed by atoms with Crippen LogP contribution in [0, 0.1) is 13.8 Å². The Balaban J connectivity index is 1.72. The Morgan fingerprint density at radius 2 is 2.20 bits per heavy atom. The lowest BCUT2D eigenvalue weighted by molar-refractivity contribution is 0.239. The van der Waals surface area contributed by atoms with Gasteiger partial charge >= 0.3 is 6.03 Å². The molecule has 2 aromatic rings. The number of urea groups is 1. The summed E-state index contributed by atoms with van der Waals surface area (Å²) in [7, 11) is 0. The van der Waals surface area contributed by atoms with Crippen LogP contribution in [0.1, 0.15) is 35.3 Å². The molecular weight excluding hydrogens is 278 g/mol. The lowest BCUT2D eigenvalue weighted by Crippen LogP contribution is -2.37. The lowest BCUT2D eigenvalue weighted by Gasteiger charge is -2.10. The highest BCUT2D eigenvalue weighted by molar-refractivity contribution is 7.09. The van der Waals surface area contributed by atoms with Gasteiger partial charge in [-0.05, 0) is 6.92 Å². The summed E-state index contributed by atoms with van der Waals surface area (Å²) in [6.07, 6.45) is 0. The second kappa shape index (κ2) is 6.47. The summed E-state index contributed by atoms with van der Waals surface area (Å²) in [5, 5.41) is 12.2. The fourth-order valence-electron chi connectivity index (χ4n) is 1.57. The normalized spacial score (nSPS) is 12.2. The number of hydrogen-bond acceptors (Lipinski definition) is 6. The van der Waals surface area contributed by atoms with Crippen molar-refractivity contribution in [3.05, 3.63) is 27.8 Å². The number of nitrogens with one attached hydrogen (secondary N) is 2. The van der Waals surface area contributed by atoms with Crippen LogP contribution in [-0.4, -0.2) is 27.7 Å². The standard InChI is InChI=1S/C12H17N5O2S/c1-7(11-15-8(2)6-20-11)4-13-12(18)14-5-10-16-9(3)19-17-10/h6-7H,4-5H2,1-3H3,(H2,13,14,18). The van der Waals surface area contributed by atoms with Crippen LogP contribution in [0.4, 0.5) is 4.79 Å². The molecule has 0 aliphatic heterocycles. The second-order valence-corrected chi connectivity index (χ2v) is 5.41. The van der Waals surface area contributed by atoms with Gasteiger partial charge in [0.05, 0.1) is 11.6 Å². The van der Waals surface area contributed by atoms with Gasteiger partial charge in [-0.25, -0.2) is 9.78 Å². The molecule has 20 heavy (non-hydrogen) atoms. The maximum absolute atomic E-state index is 11.6. The smallest absolute Gasteiger partial charge is 0.315 e. The third-order valence-electron chi connectivity index (χ3n) is 2.60. The van der Waals surface area contributed by atoms with Crippen molar-refractivity contribution in [1.29, 1.82) is 0 Å². The zero-order chi connectivity index (χ0) is 14.5. The molecule has 0 bridgehead atoms. The van der Waals surface area contributed by atoms with Crippen molar-refractivity contribution in [2.45, 2.75) is 33.2 Å². The molecule has 2 N–H and O–H groups in total. The molecule has 0 aliphatic carbocycles. The molecule has 0 fully saturated rings. The number of nitrogens with zero attached hydrogens (tertiary/aromatic N) is 3. The number of hydrogen-bond donors (Lipinski definition) is 2. The summed E-state index contributed by atoms with van der Waals surface area (Å²) in [5.74, 6) is 1.13. The third-order valence-corrected chi connectivity index (χ3v) is 3.80. The second-order valence-electron chi connectivity index (χ2n) is 4.52. The van der Waals surface area contributed by atoms with E-state index in [9.17, 15) is 4.79 Å². The van der Waals surface area contributed by atoms with Gasteiger partial charge < -0.3 is 15.2 Å². The van der Waals surface area contributed by atoms with Crippen molar-refractivity contribution < 1.29 is 9.32 Å². The lowest BCUT2D eigenvalue weighted by atomic mass is 10.2. The maximum Gasteiger partial charge on any atom is 0.315 e. The van der Waals surface area contributed by atoms with E-state index in [4.69, 9.17) is 4.52 Å². The molecule has 2 amide bonds. The van der Waals surface area contributed by atoms with Gasteiger partial charge in [0.1, 0.15) is 0 Å². The average Bonchev–Trinajstić information content (AvgIpc) is 3.02. The quantitative estimate of drug-likeness (QED) is 0.876. The molecule has 1 unspecified atom stereocenters. The Hall–Kier alpha value is -1.96. The van der Waals surface area contributed by atoms with Gasteiger partial charge in [0, 0.05) is 30.5 Å². The van der Waals surface area contributed by atoms with E-state index in [2.05, 4.69) is 25.8 Å². The minimum atomic E-state index is -0.257. The molecular formula is C12H17N5O2S. The summed E-state index contributed by atoms with van der Waals surface area (Å²) in [6.45, 7) is 6.47. The monoisotopic (exact) mass is 295 g/mol. The van der Waals surface area contributed by atoms with E-state index in [1.807, 2.05) is 19.2 Å². The van der Waals surface area contributed by atoms with Crippen LogP contribution in [0.3, 0.4) is 0 Å². The number of amides is 2. The van der Waals surface area contributed by atoms with Gasteiger partial charge in [-0.2, -0.15) is 4.98 Å². The van der Waals surface area contributed by atoms with Gasteiger partial charge in [-0.3, -0.25) is 0 Å². The predicted molar refractivity (Wildman–Crippen MR) is 74.5 cm³/mol. The fraction of sp³-hybridized carbons (Fsp3) is 0.500. The average molecular weight is 295 g/mol. The predicted octanol–water partition coefficient (Wildman–Crippen LogP) is 1.75. The highest BCUT2D eigenvalue weighted by Crippen LogP contribution is 2.18. The molecule has 0 aliphatic rings. The van der Waals surface area contributed by atoms with Crippen molar-refractivity contribution in [2.24, 2.45) is 0 Å². The first kappa shape index (κ1) is 14.4. The Morgan fingerprint density at radius 3 is 2.80 bits per heavy atom. The van der Waals surface area contributed by atoms with Crippen LogP contribution >= 0.6 is 11.3 Å². The topological polar surface area (TPSA) is 92.9 Å². The van der Waals surface area contributed by atoms with Gasteiger partial charge in [-0.1, -0.05) is 12.1 Å². The minimum Gasteiger partial charge on any atom is -0.340 e.